The third kappa shape index (κ3) is 4.13. The van der Waals surface area contributed by atoms with Crippen LogP contribution in [-0.4, -0.2) is 44.2 Å². The first-order valence-electron chi connectivity index (χ1n) is 6.09. The molecule has 0 aliphatic carbocycles. The number of hydrogen-bond donors (Lipinski definition) is 1. The van der Waals surface area contributed by atoms with Crippen molar-refractivity contribution in [2.75, 3.05) is 28.3 Å². The monoisotopic (exact) mass is 267 g/mol. The molecule has 0 heterocycles. The molecule has 0 aromatic heterocycles. The number of carbonyl (C=O) groups is 1. The predicted octanol–water partition coefficient (Wildman–Crippen LogP) is 1.61. The molecule has 106 valence electrons. The highest BCUT2D eigenvalue weighted by atomic mass is 16.5. The first-order valence-corrected chi connectivity index (χ1v) is 6.09. The molecular formula is C14H21NO4. The lowest BCUT2D eigenvalue weighted by Crippen LogP contribution is -2.21. The summed E-state index contributed by atoms with van der Waals surface area (Å²) in [5, 5.41) is 10.1. The highest BCUT2D eigenvalue weighted by Gasteiger charge is 2.14. The molecule has 5 heteroatoms. The Kier molecular flexibility index (Phi) is 5.63. The zero-order chi connectivity index (χ0) is 14.4. The molecule has 0 saturated carbocycles. The number of ether oxygens (including phenoxy) is 2. The highest BCUT2D eigenvalue weighted by molar-refractivity contribution is 5.75. The lowest BCUT2D eigenvalue weighted by Gasteiger charge is -2.15. The van der Waals surface area contributed by atoms with Crippen molar-refractivity contribution in [2.45, 2.75) is 18.9 Å². The van der Waals surface area contributed by atoms with Gasteiger partial charge in [0.25, 0.3) is 0 Å². The van der Waals surface area contributed by atoms with Crippen LogP contribution in [0.5, 0.6) is 11.5 Å². The van der Waals surface area contributed by atoms with Gasteiger partial charge in [0, 0.05) is 20.5 Å². The first-order chi connectivity index (χ1) is 8.99. The van der Waals surface area contributed by atoms with E-state index in [1.165, 1.54) is 4.90 Å². The van der Waals surface area contributed by atoms with Crippen LogP contribution in [0.2, 0.25) is 0 Å². The standard InChI is InChI=1S/C14H21NO4/c1-15(2)14(17)8-6-11(16)10-5-7-12(18-3)13(9-10)19-4/h5,7,9,11,16H,6,8H2,1-4H3. The molecule has 0 fully saturated rings. The van der Waals surface area contributed by atoms with Crippen LogP contribution in [0.3, 0.4) is 0 Å². The van der Waals surface area contributed by atoms with Crippen LogP contribution in [-0.2, 0) is 4.79 Å². The summed E-state index contributed by atoms with van der Waals surface area (Å²) in [5.41, 5.74) is 0.712. The number of hydrogen-bond acceptors (Lipinski definition) is 4. The summed E-state index contributed by atoms with van der Waals surface area (Å²) >= 11 is 0. The number of aliphatic hydroxyl groups is 1. The van der Waals surface area contributed by atoms with E-state index in [0.717, 1.165) is 0 Å². The van der Waals surface area contributed by atoms with Crippen molar-refractivity contribution in [1.29, 1.82) is 0 Å². The number of nitrogens with zero attached hydrogens (tertiary/aromatic N) is 1. The maximum absolute atomic E-state index is 11.5. The molecule has 0 saturated heterocycles. The molecule has 1 rings (SSSR count). The molecule has 5 nitrogen and oxygen atoms in total. The predicted molar refractivity (Wildman–Crippen MR) is 72.4 cm³/mol. The second-order valence-corrected chi connectivity index (χ2v) is 4.46. The maximum Gasteiger partial charge on any atom is 0.222 e. The van der Waals surface area contributed by atoms with E-state index >= 15 is 0 Å². The number of rotatable bonds is 6. The van der Waals surface area contributed by atoms with Crippen LogP contribution < -0.4 is 9.47 Å². The average Bonchev–Trinajstić information content (AvgIpc) is 2.43. The Hall–Kier alpha value is -1.75. The molecule has 1 unspecified atom stereocenters. The average molecular weight is 267 g/mol. The van der Waals surface area contributed by atoms with Gasteiger partial charge in [-0.05, 0) is 24.1 Å². The minimum atomic E-state index is -0.691. The van der Waals surface area contributed by atoms with E-state index in [1.807, 2.05) is 0 Å². The smallest absolute Gasteiger partial charge is 0.222 e. The van der Waals surface area contributed by atoms with Gasteiger partial charge in [0.1, 0.15) is 0 Å². The summed E-state index contributed by atoms with van der Waals surface area (Å²) in [4.78, 5) is 13.0. The van der Waals surface area contributed by atoms with Gasteiger partial charge in [-0.3, -0.25) is 4.79 Å². The zero-order valence-electron chi connectivity index (χ0n) is 11.8. The number of aliphatic hydroxyl groups excluding tert-OH is 1. The molecule has 0 spiro atoms. The number of amides is 1. The van der Waals surface area contributed by atoms with E-state index in [0.29, 0.717) is 29.9 Å². The fourth-order valence-corrected chi connectivity index (χ4v) is 1.71. The number of methoxy groups -OCH3 is 2. The molecule has 1 aromatic rings. The van der Waals surface area contributed by atoms with Gasteiger partial charge >= 0.3 is 0 Å². The molecule has 1 aromatic carbocycles. The molecule has 0 aliphatic heterocycles. The lowest BCUT2D eigenvalue weighted by atomic mass is 10.0. The van der Waals surface area contributed by atoms with Crippen LogP contribution in [0.4, 0.5) is 0 Å². The van der Waals surface area contributed by atoms with Gasteiger partial charge in [-0.1, -0.05) is 6.07 Å². The van der Waals surface area contributed by atoms with Crippen molar-refractivity contribution < 1.29 is 19.4 Å². The minimum absolute atomic E-state index is 0.000438. The summed E-state index contributed by atoms with van der Waals surface area (Å²) in [7, 11) is 6.50. The van der Waals surface area contributed by atoms with Crippen molar-refractivity contribution in [3.05, 3.63) is 23.8 Å². The van der Waals surface area contributed by atoms with Gasteiger partial charge in [0.05, 0.1) is 20.3 Å². The number of carbonyl (C=O) groups excluding carboxylic acids is 1. The van der Waals surface area contributed by atoms with Gasteiger partial charge < -0.3 is 19.5 Å². The van der Waals surface area contributed by atoms with Gasteiger partial charge in [0.15, 0.2) is 11.5 Å². The van der Waals surface area contributed by atoms with Gasteiger partial charge in [-0.15, -0.1) is 0 Å². The Morgan fingerprint density at radius 1 is 1.26 bits per heavy atom. The maximum atomic E-state index is 11.5. The molecule has 19 heavy (non-hydrogen) atoms. The van der Waals surface area contributed by atoms with Crippen molar-refractivity contribution in [1.82, 2.24) is 4.90 Å². The summed E-state index contributed by atoms with van der Waals surface area (Å²) in [5.74, 6) is 1.18. The minimum Gasteiger partial charge on any atom is -0.493 e. The van der Waals surface area contributed by atoms with Crippen LogP contribution >= 0.6 is 0 Å². The van der Waals surface area contributed by atoms with Crippen LogP contribution in [0.25, 0.3) is 0 Å². The van der Waals surface area contributed by atoms with Crippen LogP contribution in [0.1, 0.15) is 24.5 Å². The molecule has 0 aliphatic rings. The summed E-state index contributed by atoms with van der Waals surface area (Å²) in [6, 6.07) is 5.24. The first kappa shape index (κ1) is 15.3. The van der Waals surface area contributed by atoms with Crippen molar-refractivity contribution in [3.63, 3.8) is 0 Å². The molecule has 1 amide bonds. The van der Waals surface area contributed by atoms with E-state index in [-0.39, 0.29) is 5.91 Å². The summed E-state index contributed by atoms with van der Waals surface area (Å²) in [6.45, 7) is 0. The Bertz CT molecular complexity index is 431. The largest absolute Gasteiger partial charge is 0.493 e. The molecule has 1 atom stereocenters. The quantitative estimate of drug-likeness (QED) is 0.850. The molecule has 0 radical (unpaired) electrons. The van der Waals surface area contributed by atoms with Crippen molar-refractivity contribution >= 4 is 5.91 Å². The second kappa shape index (κ2) is 6.99. The van der Waals surface area contributed by atoms with Gasteiger partial charge in [-0.2, -0.15) is 0 Å². The third-order valence-electron chi connectivity index (χ3n) is 2.92. The van der Waals surface area contributed by atoms with Gasteiger partial charge in [0.2, 0.25) is 5.91 Å². The van der Waals surface area contributed by atoms with Crippen molar-refractivity contribution in [2.24, 2.45) is 0 Å². The molecule has 1 N–H and O–H groups in total. The molecular weight excluding hydrogens is 246 g/mol. The third-order valence-corrected chi connectivity index (χ3v) is 2.92. The Morgan fingerprint density at radius 2 is 1.89 bits per heavy atom. The Morgan fingerprint density at radius 3 is 2.42 bits per heavy atom. The molecule has 0 bridgehead atoms. The van der Waals surface area contributed by atoms with E-state index in [9.17, 15) is 9.90 Å². The van der Waals surface area contributed by atoms with Gasteiger partial charge in [-0.25, -0.2) is 0 Å². The Balaban J connectivity index is 2.72. The van der Waals surface area contributed by atoms with Crippen LogP contribution in [0.15, 0.2) is 18.2 Å². The van der Waals surface area contributed by atoms with E-state index in [1.54, 1.807) is 46.5 Å². The SMILES string of the molecule is COc1ccc(C(O)CCC(=O)N(C)C)cc1OC. The highest BCUT2D eigenvalue weighted by Crippen LogP contribution is 2.31. The fraction of sp³-hybridized carbons (Fsp3) is 0.500. The summed E-state index contributed by atoms with van der Waals surface area (Å²) in [6.07, 6.45) is -0.00152. The Labute approximate surface area is 113 Å². The van der Waals surface area contributed by atoms with E-state index < -0.39 is 6.10 Å². The normalized spacial score (nSPS) is 11.8. The van der Waals surface area contributed by atoms with Crippen LogP contribution in [0, 0.1) is 0 Å². The number of benzene rings is 1. The fourth-order valence-electron chi connectivity index (χ4n) is 1.71. The zero-order valence-corrected chi connectivity index (χ0v) is 11.8. The summed E-state index contributed by atoms with van der Waals surface area (Å²) < 4.78 is 10.3. The topological polar surface area (TPSA) is 59.0 Å². The van der Waals surface area contributed by atoms with Crippen molar-refractivity contribution in [3.8, 4) is 11.5 Å². The van der Waals surface area contributed by atoms with E-state index in [2.05, 4.69) is 0 Å². The second-order valence-electron chi connectivity index (χ2n) is 4.46. The lowest BCUT2D eigenvalue weighted by molar-refractivity contribution is -0.129. The van der Waals surface area contributed by atoms with E-state index in [4.69, 9.17) is 9.47 Å².